The third-order valence-electron chi connectivity index (χ3n) is 5.42. The van der Waals surface area contributed by atoms with Crippen molar-refractivity contribution in [3.8, 4) is 5.75 Å². The highest BCUT2D eigenvalue weighted by atomic mass is 16.5. The zero-order chi connectivity index (χ0) is 19.9. The first-order valence-corrected chi connectivity index (χ1v) is 10.3. The number of rotatable bonds is 7. The van der Waals surface area contributed by atoms with Crippen LogP contribution in [0.4, 0.5) is 0 Å². The van der Waals surface area contributed by atoms with Crippen molar-refractivity contribution in [3.05, 3.63) is 65.2 Å². The molecule has 0 unspecified atom stereocenters. The summed E-state index contributed by atoms with van der Waals surface area (Å²) in [6.45, 7) is 9.57. The molecule has 2 aromatic carbocycles. The summed E-state index contributed by atoms with van der Waals surface area (Å²) in [5, 5.41) is 3.13. The number of nitrogens with zero attached hydrogens (tertiary/aromatic N) is 1. The van der Waals surface area contributed by atoms with Gasteiger partial charge in [0.05, 0.1) is 6.04 Å². The first kappa shape index (κ1) is 20.4. The molecule has 1 atom stereocenters. The highest BCUT2D eigenvalue weighted by Gasteiger charge is 2.25. The van der Waals surface area contributed by atoms with Crippen molar-refractivity contribution in [1.82, 2.24) is 10.2 Å². The van der Waals surface area contributed by atoms with Crippen molar-refractivity contribution in [2.45, 2.75) is 46.2 Å². The maximum atomic E-state index is 12.6. The minimum atomic E-state index is -0.00238. The second kappa shape index (κ2) is 9.74. The molecule has 0 bridgehead atoms. The Morgan fingerprint density at radius 3 is 2.61 bits per heavy atom. The maximum absolute atomic E-state index is 12.6. The first-order valence-electron chi connectivity index (χ1n) is 10.3. The average Bonchev–Trinajstić information content (AvgIpc) is 2.68. The number of hydrogen-bond acceptors (Lipinski definition) is 3. The van der Waals surface area contributed by atoms with Gasteiger partial charge in [-0.05, 0) is 63.9 Å². The molecule has 3 rings (SSSR count). The molecule has 1 aliphatic rings. The second-order valence-electron chi connectivity index (χ2n) is 8.03. The van der Waals surface area contributed by atoms with Crippen LogP contribution in [0.1, 0.15) is 36.5 Å². The predicted octanol–water partition coefficient (Wildman–Crippen LogP) is 4.10. The van der Waals surface area contributed by atoms with Crippen LogP contribution in [0.3, 0.4) is 0 Å². The van der Waals surface area contributed by atoms with Gasteiger partial charge in [0.15, 0.2) is 0 Å². The van der Waals surface area contributed by atoms with Gasteiger partial charge >= 0.3 is 0 Å². The number of carbonyl (C=O) groups excluding carboxylic acids is 1. The van der Waals surface area contributed by atoms with Crippen molar-refractivity contribution in [1.29, 1.82) is 0 Å². The zero-order valence-corrected chi connectivity index (χ0v) is 17.3. The van der Waals surface area contributed by atoms with E-state index >= 15 is 0 Å². The Morgan fingerprint density at radius 2 is 1.89 bits per heavy atom. The van der Waals surface area contributed by atoms with E-state index < -0.39 is 0 Å². The smallest absolute Gasteiger partial charge is 0.223 e. The first-order chi connectivity index (χ1) is 13.5. The molecule has 4 nitrogen and oxygen atoms in total. The molecule has 0 aromatic heterocycles. The predicted molar refractivity (Wildman–Crippen MR) is 113 cm³/mol. The van der Waals surface area contributed by atoms with Crippen molar-refractivity contribution in [2.24, 2.45) is 5.92 Å². The summed E-state index contributed by atoms with van der Waals surface area (Å²) in [5.74, 6) is 1.15. The molecule has 28 heavy (non-hydrogen) atoms. The Morgan fingerprint density at radius 1 is 1.14 bits per heavy atom. The van der Waals surface area contributed by atoms with E-state index in [1.54, 1.807) is 0 Å². The summed E-state index contributed by atoms with van der Waals surface area (Å²) in [6, 6.07) is 16.6. The van der Waals surface area contributed by atoms with E-state index in [2.05, 4.69) is 41.4 Å². The molecule has 1 amide bonds. The van der Waals surface area contributed by atoms with E-state index in [-0.39, 0.29) is 17.9 Å². The Kier molecular flexibility index (Phi) is 7.10. The van der Waals surface area contributed by atoms with Gasteiger partial charge in [-0.25, -0.2) is 0 Å². The number of para-hydroxylation sites is 1. The zero-order valence-electron chi connectivity index (χ0n) is 17.3. The van der Waals surface area contributed by atoms with Gasteiger partial charge in [0.2, 0.25) is 5.91 Å². The van der Waals surface area contributed by atoms with E-state index in [4.69, 9.17) is 4.74 Å². The molecule has 0 radical (unpaired) electrons. The summed E-state index contributed by atoms with van der Waals surface area (Å²) in [6.07, 6.45) is 1.84. The summed E-state index contributed by atoms with van der Waals surface area (Å²) in [5.41, 5.74) is 3.76. The van der Waals surface area contributed by atoms with Gasteiger partial charge < -0.3 is 10.1 Å². The number of ether oxygens (including phenoxy) is 1. The SMILES string of the molecule is Cc1cccc(CN2CCC(C(=O)N[C@@H](C)COc3ccccc3C)CC2)c1. The molecule has 1 fully saturated rings. The second-order valence-corrected chi connectivity index (χ2v) is 8.03. The Bertz CT molecular complexity index is 782. The lowest BCUT2D eigenvalue weighted by Gasteiger charge is -2.32. The van der Waals surface area contributed by atoms with Crippen molar-refractivity contribution in [3.63, 3.8) is 0 Å². The van der Waals surface area contributed by atoms with Crippen molar-refractivity contribution < 1.29 is 9.53 Å². The van der Waals surface area contributed by atoms with E-state index in [0.29, 0.717) is 6.61 Å². The van der Waals surface area contributed by atoms with E-state index in [9.17, 15) is 4.79 Å². The van der Waals surface area contributed by atoms with Crippen LogP contribution >= 0.6 is 0 Å². The number of nitrogens with one attached hydrogen (secondary N) is 1. The number of likely N-dealkylation sites (tertiary alicyclic amines) is 1. The number of amides is 1. The van der Waals surface area contributed by atoms with Crippen LogP contribution < -0.4 is 10.1 Å². The topological polar surface area (TPSA) is 41.6 Å². The van der Waals surface area contributed by atoms with Crippen LogP contribution in [0, 0.1) is 19.8 Å². The van der Waals surface area contributed by atoms with Gasteiger partial charge in [-0.15, -0.1) is 0 Å². The monoisotopic (exact) mass is 380 g/mol. The maximum Gasteiger partial charge on any atom is 0.223 e. The van der Waals surface area contributed by atoms with Crippen molar-refractivity contribution in [2.75, 3.05) is 19.7 Å². The van der Waals surface area contributed by atoms with Crippen LogP contribution in [-0.2, 0) is 11.3 Å². The minimum absolute atomic E-state index is 0.00238. The highest BCUT2D eigenvalue weighted by Crippen LogP contribution is 2.20. The summed E-state index contributed by atoms with van der Waals surface area (Å²) in [4.78, 5) is 15.1. The van der Waals surface area contributed by atoms with Gasteiger partial charge in [0.25, 0.3) is 0 Å². The number of aryl methyl sites for hydroxylation is 2. The van der Waals surface area contributed by atoms with Gasteiger partial charge in [0, 0.05) is 12.5 Å². The fourth-order valence-corrected chi connectivity index (χ4v) is 3.76. The van der Waals surface area contributed by atoms with Gasteiger partial charge in [-0.1, -0.05) is 48.0 Å². The average molecular weight is 381 g/mol. The quantitative estimate of drug-likeness (QED) is 0.786. The Labute approximate surface area is 168 Å². The molecule has 1 aliphatic heterocycles. The van der Waals surface area contributed by atoms with Crippen LogP contribution in [-0.4, -0.2) is 36.5 Å². The summed E-state index contributed by atoms with van der Waals surface area (Å²) < 4.78 is 5.86. The number of benzene rings is 2. The highest BCUT2D eigenvalue weighted by molar-refractivity contribution is 5.79. The normalized spacial score (nSPS) is 16.5. The molecule has 4 heteroatoms. The standard InChI is InChI=1S/C24H32N2O2/c1-18-7-6-9-21(15-18)16-26-13-11-22(12-14-26)24(27)25-20(3)17-28-23-10-5-4-8-19(23)2/h4-10,15,20,22H,11-14,16-17H2,1-3H3,(H,25,27)/t20-/m0/s1. The fraction of sp³-hybridized carbons (Fsp3) is 0.458. The minimum Gasteiger partial charge on any atom is -0.491 e. The van der Waals surface area contributed by atoms with E-state index in [1.807, 2.05) is 38.1 Å². The molecule has 1 heterocycles. The molecule has 1 saturated heterocycles. The fourth-order valence-electron chi connectivity index (χ4n) is 3.76. The van der Waals surface area contributed by atoms with Crippen LogP contribution in [0.25, 0.3) is 0 Å². The molecule has 0 saturated carbocycles. The van der Waals surface area contributed by atoms with Gasteiger partial charge in [0.1, 0.15) is 12.4 Å². The van der Waals surface area contributed by atoms with Crippen molar-refractivity contribution >= 4 is 5.91 Å². The Hall–Kier alpha value is -2.33. The third-order valence-corrected chi connectivity index (χ3v) is 5.42. The molecule has 0 spiro atoms. The van der Waals surface area contributed by atoms with Crippen LogP contribution in [0.5, 0.6) is 5.75 Å². The summed E-state index contributed by atoms with van der Waals surface area (Å²) >= 11 is 0. The largest absolute Gasteiger partial charge is 0.491 e. The van der Waals surface area contributed by atoms with Crippen LogP contribution in [0.2, 0.25) is 0 Å². The lowest BCUT2D eigenvalue weighted by molar-refractivity contribution is -0.127. The molecule has 1 N–H and O–H groups in total. The molecular formula is C24H32N2O2. The van der Waals surface area contributed by atoms with Gasteiger partial charge in [-0.3, -0.25) is 9.69 Å². The molecule has 0 aliphatic carbocycles. The summed E-state index contributed by atoms with van der Waals surface area (Å²) in [7, 11) is 0. The number of piperidine rings is 1. The number of hydrogen-bond donors (Lipinski definition) is 1. The lowest BCUT2D eigenvalue weighted by atomic mass is 9.95. The van der Waals surface area contributed by atoms with E-state index in [0.717, 1.165) is 43.8 Å². The number of carbonyl (C=O) groups is 1. The lowest BCUT2D eigenvalue weighted by Crippen LogP contribution is -2.44. The molecule has 150 valence electrons. The van der Waals surface area contributed by atoms with Crippen LogP contribution in [0.15, 0.2) is 48.5 Å². The Balaban J connectivity index is 1.40. The van der Waals surface area contributed by atoms with Gasteiger partial charge in [-0.2, -0.15) is 0 Å². The molecule has 2 aromatic rings. The molecular weight excluding hydrogens is 348 g/mol. The third kappa shape index (κ3) is 5.83. The van der Waals surface area contributed by atoms with E-state index in [1.165, 1.54) is 11.1 Å².